The summed E-state index contributed by atoms with van der Waals surface area (Å²) in [4.78, 5) is 35.1. The number of para-hydroxylation sites is 1. The van der Waals surface area contributed by atoms with E-state index in [9.17, 15) is 9.59 Å². The highest BCUT2D eigenvalue weighted by Gasteiger charge is 2.34. The first-order valence-electron chi connectivity index (χ1n) is 11.2. The van der Waals surface area contributed by atoms with Crippen LogP contribution in [-0.2, 0) is 9.53 Å². The lowest BCUT2D eigenvalue weighted by molar-refractivity contribution is -0.139. The van der Waals surface area contributed by atoms with E-state index in [-0.39, 0.29) is 18.1 Å². The summed E-state index contributed by atoms with van der Waals surface area (Å²) in [7, 11) is 0. The van der Waals surface area contributed by atoms with Gasteiger partial charge in [-0.3, -0.25) is 9.36 Å². The van der Waals surface area contributed by atoms with Gasteiger partial charge in [-0.2, -0.15) is 0 Å². The Morgan fingerprint density at radius 2 is 2.12 bits per heavy atom. The minimum atomic E-state index is -0.537. The molecule has 0 fully saturated rings. The summed E-state index contributed by atoms with van der Waals surface area (Å²) in [5.41, 5.74) is 3.26. The number of carbonyl (C=O) groups is 1. The van der Waals surface area contributed by atoms with Crippen LogP contribution >= 0.6 is 22.7 Å². The van der Waals surface area contributed by atoms with Crippen molar-refractivity contribution in [1.82, 2.24) is 4.57 Å². The number of allylic oxidation sites excluding steroid dienone is 1. The topological polar surface area (TPSA) is 63.9 Å². The molecule has 1 aromatic carbocycles. The smallest absolute Gasteiger partial charge is 0.338 e. The van der Waals surface area contributed by atoms with Crippen LogP contribution in [0.4, 0.5) is 5.69 Å². The molecule has 8 heteroatoms. The van der Waals surface area contributed by atoms with E-state index < -0.39 is 12.0 Å². The zero-order chi connectivity index (χ0) is 23.8. The molecule has 2 aromatic heterocycles. The van der Waals surface area contributed by atoms with Crippen LogP contribution in [0.3, 0.4) is 0 Å². The SMILES string of the molecule is C=CCN1CC(/C=c2\sc3n(c2=O)C(c2cccs2)C(C(=O)OCC)=C(C)N=3)c2ccccc21. The van der Waals surface area contributed by atoms with Gasteiger partial charge < -0.3 is 9.64 Å². The van der Waals surface area contributed by atoms with Crippen molar-refractivity contribution in [3.63, 3.8) is 0 Å². The maximum atomic E-state index is 13.7. The third kappa shape index (κ3) is 3.76. The van der Waals surface area contributed by atoms with Crippen molar-refractivity contribution in [2.24, 2.45) is 4.99 Å². The minimum absolute atomic E-state index is 0.0864. The van der Waals surface area contributed by atoms with Crippen LogP contribution in [-0.4, -0.2) is 30.2 Å². The second-order valence-electron chi connectivity index (χ2n) is 8.20. The molecule has 6 nitrogen and oxygen atoms in total. The molecule has 0 N–H and O–H groups in total. The van der Waals surface area contributed by atoms with Crippen LogP contribution < -0.4 is 19.8 Å². The van der Waals surface area contributed by atoms with Gasteiger partial charge in [-0.1, -0.05) is 47.8 Å². The molecule has 34 heavy (non-hydrogen) atoms. The fourth-order valence-corrected chi connectivity index (χ4v) is 6.61. The molecule has 0 saturated heterocycles. The van der Waals surface area contributed by atoms with E-state index in [1.807, 2.05) is 42.6 Å². The first-order valence-corrected chi connectivity index (χ1v) is 12.9. The number of nitrogens with zero attached hydrogens (tertiary/aromatic N) is 3. The molecule has 0 aliphatic carbocycles. The molecule has 5 rings (SSSR count). The molecule has 4 heterocycles. The van der Waals surface area contributed by atoms with Crippen molar-refractivity contribution in [1.29, 1.82) is 0 Å². The van der Waals surface area contributed by atoms with Crippen molar-refractivity contribution in [2.45, 2.75) is 25.8 Å². The Balaban J connectivity index is 1.65. The summed E-state index contributed by atoms with van der Waals surface area (Å²) in [6, 6.07) is 11.6. The van der Waals surface area contributed by atoms with Crippen LogP contribution in [0, 0.1) is 0 Å². The molecule has 3 aromatic rings. The first kappa shape index (κ1) is 22.6. The van der Waals surface area contributed by atoms with E-state index in [1.54, 1.807) is 11.5 Å². The largest absolute Gasteiger partial charge is 0.463 e. The highest BCUT2D eigenvalue weighted by molar-refractivity contribution is 7.10. The number of ether oxygens (including phenoxy) is 1. The number of benzene rings is 1. The Labute approximate surface area is 205 Å². The number of thiophene rings is 1. The standard InChI is InChI=1S/C26H25N3O3S2/c1-4-12-28-15-17(18-9-6-7-10-19(18)28)14-21-24(30)29-23(20-11-8-13-33-20)22(25(31)32-5-2)16(3)27-26(29)34-21/h4,6-11,13-14,17,23H,1,5,12,15H2,2-3H3/b21-14-. The summed E-state index contributed by atoms with van der Waals surface area (Å²) in [5, 5.41) is 1.95. The normalized spacial score (nSPS) is 19.6. The number of thiazole rings is 1. The molecule has 2 aliphatic rings. The highest BCUT2D eigenvalue weighted by Crippen LogP contribution is 2.37. The molecule has 2 atom stereocenters. The number of rotatable bonds is 6. The van der Waals surface area contributed by atoms with E-state index in [2.05, 4.69) is 34.7 Å². The minimum Gasteiger partial charge on any atom is -0.463 e. The molecule has 0 saturated carbocycles. The third-order valence-electron chi connectivity index (χ3n) is 6.13. The predicted octanol–water partition coefficient (Wildman–Crippen LogP) is 3.60. The van der Waals surface area contributed by atoms with Crippen molar-refractivity contribution < 1.29 is 9.53 Å². The Morgan fingerprint density at radius 3 is 2.85 bits per heavy atom. The van der Waals surface area contributed by atoms with Crippen LogP contribution in [0.15, 0.2) is 75.5 Å². The quantitative estimate of drug-likeness (QED) is 0.391. The number of anilines is 1. The summed E-state index contributed by atoms with van der Waals surface area (Å²) in [6.45, 7) is 9.27. The highest BCUT2D eigenvalue weighted by atomic mass is 32.1. The predicted molar refractivity (Wildman–Crippen MR) is 137 cm³/mol. The number of fused-ring (bicyclic) bond motifs is 2. The van der Waals surface area contributed by atoms with Crippen LogP contribution in [0.2, 0.25) is 0 Å². The van der Waals surface area contributed by atoms with Crippen molar-refractivity contribution >= 4 is 40.4 Å². The Bertz CT molecular complexity index is 1460. The molecule has 174 valence electrons. The summed E-state index contributed by atoms with van der Waals surface area (Å²) in [6.07, 6.45) is 3.95. The summed E-state index contributed by atoms with van der Waals surface area (Å²) >= 11 is 2.89. The lowest BCUT2D eigenvalue weighted by Crippen LogP contribution is -2.39. The lowest BCUT2D eigenvalue weighted by Gasteiger charge is -2.23. The fraction of sp³-hybridized carbons (Fsp3) is 0.269. The molecule has 0 radical (unpaired) electrons. The first-order chi connectivity index (χ1) is 16.5. The number of aromatic nitrogens is 1. The Hall–Kier alpha value is -3.23. The van der Waals surface area contributed by atoms with Crippen molar-refractivity contribution in [3.05, 3.63) is 95.8 Å². The average Bonchev–Trinajstić information content (AvgIpc) is 3.54. The fourth-order valence-electron chi connectivity index (χ4n) is 4.70. The maximum absolute atomic E-state index is 13.7. The lowest BCUT2D eigenvalue weighted by atomic mass is 10.0. The van der Waals surface area contributed by atoms with Gasteiger partial charge in [0.15, 0.2) is 4.80 Å². The van der Waals surface area contributed by atoms with Gasteiger partial charge in [0.05, 0.1) is 22.4 Å². The van der Waals surface area contributed by atoms with E-state index in [1.165, 1.54) is 33.9 Å². The second-order valence-corrected chi connectivity index (χ2v) is 10.2. The monoisotopic (exact) mass is 491 g/mol. The number of esters is 1. The van der Waals surface area contributed by atoms with Crippen LogP contribution in [0.5, 0.6) is 0 Å². The van der Waals surface area contributed by atoms with Crippen molar-refractivity contribution in [3.8, 4) is 0 Å². The van der Waals surface area contributed by atoms with Gasteiger partial charge in [-0.05, 0) is 36.9 Å². The maximum Gasteiger partial charge on any atom is 0.338 e. The Morgan fingerprint density at radius 1 is 1.29 bits per heavy atom. The van der Waals surface area contributed by atoms with E-state index in [0.717, 1.165) is 18.0 Å². The summed E-state index contributed by atoms with van der Waals surface area (Å²) in [5.74, 6) is -0.343. The molecule has 0 amide bonds. The number of carbonyl (C=O) groups excluding carboxylic acids is 1. The Kier molecular flexibility index (Phi) is 6.10. The molecule has 2 unspecified atom stereocenters. The van der Waals surface area contributed by atoms with Crippen LogP contribution in [0.1, 0.15) is 36.2 Å². The zero-order valence-electron chi connectivity index (χ0n) is 19.1. The molecular weight excluding hydrogens is 466 g/mol. The number of hydrogen-bond donors (Lipinski definition) is 0. The van der Waals surface area contributed by atoms with Gasteiger partial charge >= 0.3 is 5.97 Å². The molecule has 0 bridgehead atoms. The van der Waals surface area contributed by atoms with Gasteiger partial charge in [0, 0.05) is 29.6 Å². The van der Waals surface area contributed by atoms with Gasteiger partial charge in [-0.25, -0.2) is 9.79 Å². The van der Waals surface area contributed by atoms with E-state index in [4.69, 9.17) is 4.74 Å². The van der Waals surface area contributed by atoms with Crippen molar-refractivity contribution in [2.75, 3.05) is 24.6 Å². The van der Waals surface area contributed by atoms with Gasteiger partial charge in [0.1, 0.15) is 6.04 Å². The van der Waals surface area contributed by atoms with E-state index >= 15 is 0 Å². The number of hydrogen-bond acceptors (Lipinski definition) is 7. The van der Waals surface area contributed by atoms with Gasteiger partial charge in [0.2, 0.25) is 0 Å². The zero-order valence-corrected chi connectivity index (χ0v) is 20.7. The third-order valence-corrected chi connectivity index (χ3v) is 8.05. The van der Waals surface area contributed by atoms with Crippen LogP contribution in [0.25, 0.3) is 6.08 Å². The molecule has 0 spiro atoms. The van der Waals surface area contributed by atoms with E-state index in [0.29, 0.717) is 20.6 Å². The molecule has 2 aliphatic heterocycles. The second kappa shape index (κ2) is 9.19. The van der Waals surface area contributed by atoms with Gasteiger partial charge in [0.25, 0.3) is 5.56 Å². The van der Waals surface area contributed by atoms with Gasteiger partial charge in [-0.15, -0.1) is 17.9 Å². The molecular formula is C26H25N3O3S2. The average molecular weight is 492 g/mol. The summed E-state index contributed by atoms with van der Waals surface area (Å²) < 4.78 is 7.63.